The highest BCUT2D eigenvalue weighted by atomic mass is 79.9. The zero-order valence-corrected chi connectivity index (χ0v) is 9.69. The van der Waals surface area contributed by atoms with Crippen molar-refractivity contribution in [2.75, 3.05) is 0 Å². The van der Waals surface area contributed by atoms with E-state index in [1.807, 2.05) is 5.32 Å². The number of halogens is 5. The fourth-order valence-corrected chi connectivity index (χ4v) is 1.60. The van der Waals surface area contributed by atoms with Gasteiger partial charge in [-0.15, -0.1) is 0 Å². The van der Waals surface area contributed by atoms with Crippen LogP contribution in [0, 0.1) is 5.82 Å². The molecule has 0 aromatic heterocycles. The topological polar surface area (TPSA) is 49.3 Å². The molecule has 3 nitrogen and oxygen atoms in total. The number of amides is 1. The molecule has 0 unspecified atom stereocenters. The van der Waals surface area contributed by atoms with E-state index >= 15 is 0 Å². The number of hydrogen-bond donors (Lipinski definition) is 2. The first-order valence-corrected chi connectivity index (χ1v) is 5.03. The molecule has 1 aromatic rings. The van der Waals surface area contributed by atoms with E-state index in [2.05, 4.69) is 15.9 Å². The molecule has 0 radical (unpaired) electrons. The van der Waals surface area contributed by atoms with Crippen molar-refractivity contribution in [1.82, 2.24) is 5.32 Å². The van der Waals surface area contributed by atoms with Crippen LogP contribution in [-0.2, 0) is 12.7 Å². The summed E-state index contributed by atoms with van der Waals surface area (Å²) in [6.07, 6.45) is -6.14. The van der Waals surface area contributed by atoms with Gasteiger partial charge in [-0.3, -0.25) is 0 Å². The molecule has 0 bridgehead atoms. The lowest BCUT2D eigenvalue weighted by atomic mass is 10.1. The number of carboxylic acid groups (broad SMARTS) is 1. The Kier molecular flexibility index (Phi) is 3.97. The SMILES string of the molecule is O=C(O)NCc1cc(F)c(C(F)(F)F)cc1Br. The van der Waals surface area contributed by atoms with Gasteiger partial charge < -0.3 is 10.4 Å². The fraction of sp³-hybridized carbons (Fsp3) is 0.222. The zero-order valence-electron chi connectivity index (χ0n) is 8.11. The van der Waals surface area contributed by atoms with E-state index in [4.69, 9.17) is 5.11 Å². The second kappa shape index (κ2) is 4.91. The molecule has 8 heteroatoms. The summed E-state index contributed by atoms with van der Waals surface area (Å²) in [5.41, 5.74) is -1.32. The van der Waals surface area contributed by atoms with Gasteiger partial charge in [0.05, 0.1) is 5.56 Å². The van der Waals surface area contributed by atoms with E-state index in [1.165, 1.54) is 0 Å². The van der Waals surface area contributed by atoms with Crippen LogP contribution in [0.4, 0.5) is 22.4 Å². The molecule has 1 aromatic carbocycles. The van der Waals surface area contributed by atoms with Gasteiger partial charge >= 0.3 is 12.3 Å². The van der Waals surface area contributed by atoms with Crippen LogP contribution >= 0.6 is 15.9 Å². The first kappa shape index (κ1) is 13.8. The van der Waals surface area contributed by atoms with E-state index in [0.29, 0.717) is 12.1 Å². The Morgan fingerprint density at radius 1 is 1.41 bits per heavy atom. The first-order chi connectivity index (χ1) is 7.71. The lowest BCUT2D eigenvalue weighted by Gasteiger charge is -2.11. The number of carbonyl (C=O) groups is 1. The summed E-state index contributed by atoms with van der Waals surface area (Å²) in [6.45, 7) is -0.287. The largest absolute Gasteiger partial charge is 0.465 e. The summed E-state index contributed by atoms with van der Waals surface area (Å²) >= 11 is 2.82. The average Bonchev–Trinajstić information content (AvgIpc) is 2.17. The molecule has 17 heavy (non-hydrogen) atoms. The van der Waals surface area contributed by atoms with Gasteiger partial charge in [-0.25, -0.2) is 9.18 Å². The minimum Gasteiger partial charge on any atom is -0.465 e. The molecule has 0 aliphatic rings. The van der Waals surface area contributed by atoms with Crippen LogP contribution in [0.5, 0.6) is 0 Å². The second-order valence-electron chi connectivity index (χ2n) is 3.08. The smallest absolute Gasteiger partial charge is 0.419 e. The van der Waals surface area contributed by atoms with Gasteiger partial charge in [-0.05, 0) is 17.7 Å². The van der Waals surface area contributed by atoms with Crippen LogP contribution in [0.1, 0.15) is 11.1 Å². The summed E-state index contributed by atoms with van der Waals surface area (Å²) < 4.78 is 50.0. The van der Waals surface area contributed by atoms with Crippen molar-refractivity contribution in [3.05, 3.63) is 33.5 Å². The third kappa shape index (κ3) is 3.58. The normalized spacial score (nSPS) is 11.4. The summed E-state index contributed by atoms with van der Waals surface area (Å²) in [5.74, 6) is -1.44. The van der Waals surface area contributed by atoms with Crippen LogP contribution in [0.3, 0.4) is 0 Å². The van der Waals surface area contributed by atoms with Crippen molar-refractivity contribution in [3.63, 3.8) is 0 Å². The van der Waals surface area contributed by atoms with Crippen molar-refractivity contribution in [2.45, 2.75) is 12.7 Å². The van der Waals surface area contributed by atoms with Gasteiger partial charge in [-0.2, -0.15) is 13.2 Å². The summed E-state index contributed by atoms with van der Waals surface area (Å²) in [4.78, 5) is 10.2. The Morgan fingerprint density at radius 3 is 2.47 bits per heavy atom. The number of benzene rings is 1. The van der Waals surface area contributed by atoms with Crippen LogP contribution in [-0.4, -0.2) is 11.2 Å². The van der Waals surface area contributed by atoms with Crippen LogP contribution in [0.2, 0.25) is 0 Å². The van der Waals surface area contributed by atoms with Crippen LogP contribution in [0.15, 0.2) is 16.6 Å². The highest BCUT2D eigenvalue weighted by molar-refractivity contribution is 9.10. The molecular formula is C9H6BrF4NO2. The minimum absolute atomic E-state index is 0.0139. The van der Waals surface area contributed by atoms with Crippen LogP contribution < -0.4 is 5.32 Å². The summed E-state index contributed by atoms with van der Waals surface area (Å²) in [5, 5.41) is 10.2. The van der Waals surface area contributed by atoms with Crippen molar-refractivity contribution < 1.29 is 27.5 Å². The van der Waals surface area contributed by atoms with Crippen molar-refractivity contribution in [1.29, 1.82) is 0 Å². The molecule has 0 heterocycles. The molecular weight excluding hydrogens is 310 g/mol. The molecule has 0 fully saturated rings. The Bertz CT molecular complexity index is 447. The summed E-state index contributed by atoms with van der Waals surface area (Å²) in [7, 11) is 0. The number of nitrogens with one attached hydrogen (secondary N) is 1. The standard InChI is InChI=1S/C9H6BrF4NO2/c10-6-2-5(9(12,13)14)7(11)1-4(6)3-15-8(16)17/h1-2,15H,3H2,(H,16,17). The fourth-order valence-electron chi connectivity index (χ4n) is 1.11. The van der Waals surface area contributed by atoms with E-state index < -0.39 is 23.7 Å². The number of rotatable bonds is 2. The van der Waals surface area contributed by atoms with E-state index in [-0.39, 0.29) is 16.6 Å². The average molecular weight is 316 g/mol. The minimum atomic E-state index is -4.79. The molecule has 1 rings (SSSR count). The van der Waals surface area contributed by atoms with Crippen molar-refractivity contribution >= 4 is 22.0 Å². The van der Waals surface area contributed by atoms with Gasteiger partial charge in [0, 0.05) is 11.0 Å². The first-order valence-electron chi connectivity index (χ1n) is 4.23. The Morgan fingerprint density at radius 2 is 2.00 bits per heavy atom. The quantitative estimate of drug-likeness (QED) is 0.822. The molecule has 0 saturated carbocycles. The predicted molar refractivity (Wildman–Crippen MR) is 54.0 cm³/mol. The highest BCUT2D eigenvalue weighted by Crippen LogP contribution is 2.34. The van der Waals surface area contributed by atoms with Crippen LogP contribution in [0.25, 0.3) is 0 Å². The lowest BCUT2D eigenvalue weighted by molar-refractivity contribution is -0.140. The molecule has 0 spiro atoms. The molecule has 0 atom stereocenters. The van der Waals surface area contributed by atoms with Gasteiger partial charge in [0.25, 0.3) is 0 Å². The Hall–Kier alpha value is -1.31. The van der Waals surface area contributed by atoms with Crippen molar-refractivity contribution in [2.24, 2.45) is 0 Å². The molecule has 0 aliphatic heterocycles. The van der Waals surface area contributed by atoms with Gasteiger partial charge in [0.1, 0.15) is 5.82 Å². The van der Waals surface area contributed by atoms with Gasteiger partial charge in [0.2, 0.25) is 0 Å². The lowest BCUT2D eigenvalue weighted by Crippen LogP contribution is -2.20. The Balaban J connectivity index is 3.06. The molecule has 1 amide bonds. The monoisotopic (exact) mass is 315 g/mol. The van der Waals surface area contributed by atoms with E-state index in [1.54, 1.807) is 0 Å². The number of alkyl halides is 3. The summed E-state index contributed by atoms with van der Waals surface area (Å²) in [6, 6.07) is 1.22. The maximum absolute atomic E-state index is 13.1. The zero-order chi connectivity index (χ0) is 13.2. The van der Waals surface area contributed by atoms with E-state index in [9.17, 15) is 22.4 Å². The third-order valence-electron chi connectivity index (χ3n) is 1.87. The Labute approximate surface area is 102 Å². The molecule has 94 valence electrons. The molecule has 0 saturated heterocycles. The third-order valence-corrected chi connectivity index (χ3v) is 2.61. The molecule has 2 N–H and O–H groups in total. The maximum Gasteiger partial charge on any atom is 0.419 e. The van der Waals surface area contributed by atoms with Gasteiger partial charge in [0.15, 0.2) is 0 Å². The highest BCUT2D eigenvalue weighted by Gasteiger charge is 2.34. The maximum atomic E-state index is 13.1. The van der Waals surface area contributed by atoms with Crippen molar-refractivity contribution in [3.8, 4) is 0 Å². The number of hydrogen-bond acceptors (Lipinski definition) is 1. The van der Waals surface area contributed by atoms with E-state index in [0.717, 1.165) is 0 Å². The second-order valence-corrected chi connectivity index (χ2v) is 3.93. The van der Waals surface area contributed by atoms with Gasteiger partial charge in [-0.1, -0.05) is 15.9 Å². The molecule has 0 aliphatic carbocycles. The predicted octanol–water partition coefficient (Wildman–Crippen LogP) is 3.37.